The van der Waals surface area contributed by atoms with E-state index in [1.807, 2.05) is 30.3 Å². The fraction of sp³-hybridized carbons (Fsp3) is 0.407. The molecule has 3 rings (SSSR count). The van der Waals surface area contributed by atoms with Gasteiger partial charge in [0.25, 0.3) is 10.1 Å². The minimum absolute atomic E-state index is 0.00945. The predicted octanol–water partition coefficient (Wildman–Crippen LogP) is -0.228. The van der Waals surface area contributed by atoms with Gasteiger partial charge in [0.15, 0.2) is 0 Å². The van der Waals surface area contributed by atoms with Crippen LogP contribution in [0, 0.1) is 0 Å². The minimum atomic E-state index is -4.39. The minimum Gasteiger partial charge on any atom is -0.368 e. The molecule has 0 unspecified atom stereocenters. The number of benzene rings is 2. The number of nitrogens with one attached hydrogen (secondary N) is 3. The highest BCUT2D eigenvalue weighted by Gasteiger charge is 2.39. The molecule has 40 heavy (non-hydrogen) atoms. The van der Waals surface area contributed by atoms with Crippen LogP contribution in [0.1, 0.15) is 30.9 Å². The van der Waals surface area contributed by atoms with Crippen LogP contribution in [0.5, 0.6) is 0 Å². The third-order valence-corrected chi connectivity index (χ3v) is 7.75. The van der Waals surface area contributed by atoms with Gasteiger partial charge in [-0.15, -0.1) is 0 Å². The van der Waals surface area contributed by atoms with E-state index in [2.05, 4.69) is 16.0 Å². The second kappa shape index (κ2) is 13.5. The van der Waals surface area contributed by atoms with Gasteiger partial charge in [-0.3, -0.25) is 23.7 Å². The number of carbonyl (C=O) groups is 4. The number of nitrogens with zero attached hydrogens (tertiary/aromatic N) is 1. The maximum absolute atomic E-state index is 13.7. The molecule has 0 saturated carbocycles. The molecule has 0 aromatic heterocycles. The summed E-state index contributed by atoms with van der Waals surface area (Å²) in [6.45, 7) is 1.90. The van der Waals surface area contributed by atoms with E-state index in [1.165, 1.54) is 29.2 Å². The summed E-state index contributed by atoms with van der Waals surface area (Å²) in [5, 5.41) is 8.21. The lowest BCUT2D eigenvalue weighted by Crippen LogP contribution is -2.57. The Hall–Kier alpha value is -3.81. The first kappa shape index (κ1) is 30.7. The number of primary amides is 1. The van der Waals surface area contributed by atoms with Crippen molar-refractivity contribution in [1.29, 1.82) is 0 Å². The van der Waals surface area contributed by atoms with Gasteiger partial charge >= 0.3 is 0 Å². The molecule has 1 aliphatic heterocycles. The van der Waals surface area contributed by atoms with Gasteiger partial charge in [0.05, 0.1) is 10.9 Å². The SMILES string of the molecule is CN[C@@H](C)C(=O)N[C@@H](Cc1ccc(S(=O)(=O)O)cc1)C(=O)N1CCC[C@H]1C(=O)N[C@@H](Cc1ccccc1)C(N)=O. The number of rotatable bonds is 12. The van der Waals surface area contributed by atoms with E-state index in [4.69, 9.17) is 5.73 Å². The van der Waals surface area contributed by atoms with Crippen molar-refractivity contribution in [2.24, 2.45) is 5.73 Å². The van der Waals surface area contributed by atoms with Crippen LogP contribution in [-0.4, -0.2) is 79.3 Å². The van der Waals surface area contributed by atoms with E-state index in [0.717, 1.165) is 5.56 Å². The largest absolute Gasteiger partial charge is 0.368 e. The van der Waals surface area contributed by atoms with Crippen molar-refractivity contribution in [3.8, 4) is 0 Å². The highest BCUT2D eigenvalue weighted by atomic mass is 32.2. The number of likely N-dealkylation sites (tertiary alicyclic amines) is 1. The van der Waals surface area contributed by atoms with Crippen molar-refractivity contribution in [2.75, 3.05) is 13.6 Å². The molecule has 1 aliphatic rings. The van der Waals surface area contributed by atoms with E-state index >= 15 is 0 Å². The molecular formula is C27H35N5O7S. The Bertz CT molecular complexity index is 1320. The lowest BCUT2D eigenvalue weighted by molar-refractivity contribution is -0.142. The van der Waals surface area contributed by atoms with Gasteiger partial charge in [-0.05, 0) is 50.1 Å². The number of hydrogen-bond donors (Lipinski definition) is 5. The summed E-state index contributed by atoms with van der Waals surface area (Å²) >= 11 is 0. The lowest BCUT2D eigenvalue weighted by atomic mass is 10.0. The lowest BCUT2D eigenvalue weighted by Gasteiger charge is -2.30. The summed E-state index contributed by atoms with van der Waals surface area (Å²) < 4.78 is 32.0. The van der Waals surface area contributed by atoms with E-state index < -0.39 is 57.9 Å². The topological polar surface area (TPSA) is 188 Å². The number of amides is 4. The monoisotopic (exact) mass is 573 g/mol. The van der Waals surface area contributed by atoms with Crippen LogP contribution < -0.4 is 21.7 Å². The molecule has 4 atom stereocenters. The van der Waals surface area contributed by atoms with Crippen LogP contribution in [0.25, 0.3) is 0 Å². The maximum atomic E-state index is 13.7. The predicted molar refractivity (Wildman–Crippen MR) is 146 cm³/mol. The Kier molecular flexibility index (Phi) is 10.4. The van der Waals surface area contributed by atoms with E-state index in [1.54, 1.807) is 14.0 Å². The molecule has 4 amide bonds. The molecule has 2 aromatic rings. The standard InChI is InChI=1S/C27H35N5O7S/c1-17(29-2)25(34)31-22(16-19-10-12-20(13-11-19)40(37,38)39)27(36)32-14-6-9-23(32)26(35)30-21(24(28)33)15-18-7-4-3-5-8-18/h3-5,7-8,10-13,17,21-23,29H,6,9,14-16H2,1-2H3,(H2,28,33)(H,30,35)(H,31,34)(H,37,38,39)/t17-,21-,22-,23-/m0/s1. The third kappa shape index (κ3) is 8.10. The van der Waals surface area contributed by atoms with Crippen LogP contribution in [0.15, 0.2) is 59.5 Å². The molecule has 6 N–H and O–H groups in total. The van der Waals surface area contributed by atoms with Crippen LogP contribution in [0.3, 0.4) is 0 Å². The third-order valence-electron chi connectivity index (χ3n) is 6.88. The molecule has 12 nitrogen and oxygen atoms in total. The fourth-order valence-electron chi connectivity index (χ4n) is 4.50. The number of hydrogen-bond acceptors (Lipinski definition) is 7. The Labute approximate surface area is 233 Å². The zero-order valence-corrected chi connectivity index (χ0v) is 23.2. The normalized spacial score (nSPS) is 17.5. The van der Waals surface area contributed by atoms with E-state index in [-0.39, 0.29) is 24.3 Å². The van der Waals surface area contributed by atoms with Crippen LogP contribution >= 0.6 is 0 Å². The summed E-state index contributed by atoms with van der Waals surface area (Å²) in [6, 6.07) is 10.9. The van der Waals surface area contributed by atoms with Crippen molar-refractivity contribution < 1.29 is 32.1 Å². The van der Waals surface area contributed by atoms with Gasteiger partial charge in [0.2, 0.25) is 23.6 Å². The fourth-order valence-corrected chi connectivity index (χ4v) is 4.98. The average molecular weight is 574 g/mol. The highest BCUT2D eigenvalue weighted by molar-refractivity contribution is 7.85. The second-order valence-corrected chi connectivity index (χ2v) is 11.2. The quantitative estimate of drug-likeness (QED) is 0.215. The zero-order chi connectivity index (χ0) is 29.4. The molecule has 0 radical (unpaired) electrons. The maximum Gasteiger partial charge on any atom is 0.294 e. The van der Waals surface area contributed by atoms with Gasteiger partial charge in [0.1, 0.15) is 18.1 Å². The molecule has 13 heteroatoms. The van der Waals surface area contributed by atoms with Crippen LogP contribution in [-0.2, 0) is 42.1 Å². The second-order valence-electron chi connectivity index (χ2n) is 9.74. The molecule has 0 bridgehead atoms. The number of carbonyl (C=O) groups excluding carboxylic acids is 4. The summed E-state index contributed by atoms with van der Waals surface area (Å²) in [5.74, 6) is -2.15. The molecule has 216 valence electrons. The molecule has 0 aliphatic carbocycles. The molecule has 1 saturated heterocycles. The van der Waals surface area contributed by atoms with Gasteiger partial charge in [0, 0.05) is 19.4 Å². The highest BCUT2D eigenvalue weighted by Crippen LogP contribution is 2.21. The van der Waals surface area contributed by atoms with Gasteiger partial charge in [-0.1, -0.05) is 42.5 Å². The smallest absolute Gasteiger partial charge is 0.294 e. The molecule has 1 heterocycles. The first-order valence-electron chi connectivity index (χ1n) is 12.9. The molecule has 0 spiro atoms. The number of nitrogens with two attached hydrogens (primary N) is 1. The summed E-state index contributed by atoms with van der Waals surface area (Å²) in [4.78, 5) is 52.9. The van der Waals surface area contributed by atoms with E-state index in [0.29, 0.717) is 18.4 Å². The zero-order valence-electron chi connectivity index (χ0n) is 22.4. The summed E-state index contributed by atoms with van der Waals surface area (Å²) in [6.07, 6.45) is 1.11. The molecule has 2 aromatic carbocycles. The first-order chi connectivity index (χ1) is 18.9. The Balaban J connectivity index is 1.79. The Morgan fingerprint density at radius 2 is 1.57 bits per heavy atom. The van der Waals surface area contributed by atoms with Crippen LogP contribution in [0.2, 0.25) is 0 Å². The summed E-state index contributed by atoms with van der Waals surface area (Å²) in [5.41, 5.74) is 6.89. The van der Waals surface area contributed by atoms with Gasteiger partial charge in [-0.25, -0.2) is 0 Å². The van der Waals surface area contributed by atoms with Gasteiger partial charge < -0.3 is 26.6 Å². The molecular weight excluding hydrogens is 538 g/mol. The summed E-state index contributed by atoms with van der Waals surface area (Å²) in [7, 11) is -2.80. The van der Waals surface area contributed by atoms with Crippen molar-refractivity contribution in [3.05, 3.63) is 65.7 Å². The van der Waals surface area contributed by atoms with Crippen molar-refractivity contribution in [3.63, 3.8) is 0 Å². The first-order valence-corrected chi connectivity index (χ1v) is 14.3. The van der Waals surface area contributed by atoms with Crippen molar-refractivity contribution >= 4 is 33.7 Å². The van der Waals surface area contributed by atoms with E-state index in [9.17, 15) is 32.1 Å². The van der Waals surface area contributed by atoms with Crippen molar-refractivity contribution in [2.45, 2.75) is 61.7 Å². The average Bonchev–Trinajstić information content (AvgIpc) is 3.42. The van der Waals surface area contributed by atoms with Gasteiger partial charge in [-0.2, -0.15) is 8.42 Å². The Morgan fingerprint density at radius 1 is 0.975 bits per heavy atom. The van der Waals surface area contributed by atoms with Crippen molar-refractivity contribution in [1.82, 2.24) is 20.9 Å². The number of likely N-dealkylation sites (N-methyl/N-ethyl adjacent to an activating group) is 1. The van der Waals surface area contributed by atoms with Crippen LogP contribution in [0.4, 0.5) is 0 Å². The molecule has 1 fully saturated rings. The Morgan fingerprint density at radius 3 is 2.15 bits per heavy atom.